The molecule has 6 heteroatoms. The molecule has 1 aliphatic heterocycles. The molecule has 172 valence electrons. The predicted octanol–water partition coefficient (Wildman–Crippen LogP) is 4.49. The minimum Gasteiger partial charge on any atom is -0.467 e. The number of rotatable bonds is 8. The lowest BCUT2D eigenvalue weighted by Gasteiger charge is -2.35. The van der Waals surface area contributed by atoms with E-state index in [0.717, 1.165) is 49.4 Å². The first kappa shape index (κ1) is 22.6. The molecule has 1 aromatic heterocycles. The lowest BCUT2D eigenvalue weighted by Crippen LogP contribution is -2.46. The van der Waals surface area contributed by atoms with E-state index in [4.69, 9.17) is 4.42 Å². The molecule has 2 N–H and O–H groups in total. The van der Waals surface area contributed by atoms with Crippen molar-refractivity contribution in [3.63, 3.8) is 0 Å². The van der Waals surface area contributed by atoms with Gasteiger partial charge in [0.1, 0.15) is 5.76 Å². The highest BCUT2D eigenvalue weighted by Gasteiger charge is 2.26. The van der Waals surface area contributed by atoms with Crippen LogP contribution in [0.25, 0.3) is 0 Å². The molecule has 0 saturated carbocycles. The van der Waals surface area contributed by atoms with E-state index in [1.165, 1.54) is 0 Å². The fourth-order valence-corrected chi connectivity index (χ4v) is 4.44. The van der Waals surface area contributed by atoms with E-state index in [0.29, 0.717) is 12.1 Å². The number of nitrogens with zero attached hydrogens (tertiary/aromatic N) is 1. The topological polar surface area (TPSA) is 74.6 Å². The number of benzene rings is 2. The number of nitrogens with one attached hydrogen (secondary N) is 2. The van der Waals surface area contributed by atoms with E-state index in [1.54, 1.807) is 12.3 Å². The number of carbonyl (C=O) groups is 2. The summed E-state index contributed by atoms with van der Waals surface area (Å²) in [5.41, 5.74) is 2.64. The molecule has 6 nitrogen and oxygen atoms in total. The van der Waals surface area contributed by atoms with Crippen LogP contribution in [0.4, 0.5) is 5.69 Å². The molecular formula is C27H31N3O3. The van der Waals surface area contributed by atoms with Crippen LogP contribution in [-0.4, -0.2) is 30.9 Å². The summed E-state index contributed by atoms with van der Waals surface area (Å²) in [5.74, 6) is 0.576. The van der Waals surface area contributed by atoms with Gasteiger partial charge < -0.3 is 20.0 Å². The minimum absolute atomic E-state index is 0.0971. The third kappa shape index (κ3) is 5.64. The Morgan fingerprint density at radius 3 is 2.42 bits per heavy atom. The second kappa shape index (κ2) is 10.9. The lowest BCUT2D eigenvalue weighted by atomic mass is 9.94. The summed E-state index contributed by atoms with van der Waals surface area (Å²) in [6.07, 6.45) is 4.06. The Kier molecular flexibility index (Phi) is 7.45. The molecule has 1 unspecified atom stereocenters. The zero-order chi connectivity index (χ0) is 23.0. The summed E-state index contributed by atoms with van der Waals surface area (Å²) in [4.78, 5) is 28.0. The maximum Gasteiger partial charge on any atom is 0.253 e. The van der Waals surface area contributed by atoms with Crippen molar-refractivity contribution in [2.75, 3.05) is 18.0 Å². The number of para-hydroxylation sites is 1. The SMILES string of the molecule is CCC(C(=O)NC1CCN(c2ccccc2C(=O)NCc2ccco2)CC1)c1ccccc1. The lowest BCUT2D eigenvalue weighted by molar-refractivity contribution is -0.123. The van der Waals surface area contributed by atoms with Crippen molar-refractivity contribution >= 4 is 17.5 Å². The first-order valence-electron chi connectivity index (χ1n) is 11.7. The number of furan rings is 1. The summed E-state index contributed by atoms with van der Waals surface area (Å²) >= 11 is 0. The molecule has 0 spiro atoms. The van der Waals surface area contributed by atoms with Gasteiger partial charge in [-0.2, -0.15) is 0 Å². The van der Waals surface area contributed by atoms with Crippen LogP contribution in [0.3, 0.4) is 0 Å². The quantitative estimate of drug-likeness (QED) is 0.536. The minimum atomic E-state index is -0.122. The Labute approximate surface area is 195 Å². The number of hydrogen-bond donors (Lipinski definition) is 2. The molecule has 2 aromatic carbocycles. The molecule has 33 heavy (non-hydrogen) atoms. The summed E-state index contributed by atoms with van der Waals surface area (Å²) < 4.78 is 5.30. The number of carbonyl (C=O) groups excluding carboxylic acids is 2. The number of amides is 2. The highest BCUT2D eigenvalue weighted by Crippen LogP contribution is 2.25. The molecule has 4 rings (SSSR count). The molecule has 0 radical (unpaired) electrons. The van der Waals surface area contributed by atoms with Gasteiger partial charge in [-0.05, 0) is 49.1 Å². The maximum atomic E-state index is 12.9. The molecule has 1 aliphatic rings. The number of piperidine rings is 1. The van der Waals surface area contributed by atoms with Crippen molar-refractivity contribution < 1.29 is 14.0 Å². The van der Waals surface area contributed by atoms with Gasteiger partial charge in [0.05, 0.1) is 24.3 Å². The van der Waals surface area contributed by atoms with Crippen LogP contribution in [0.15, 0.2) is 77.4 Å². The van der Waals surface area contributed by atoms with Crippen LogP contribution in [0.2, 0.25) is 0 Å². The fourth-order valence-electron chi connectivity index (χ4n) is 4.44. The summed E-state index contributed by atoms with van der Waals surface area (Å²) in [5, 5.41) is 6.19. The van der Waals surface area contributed by atoms with Crippen LogP contribution in [0.5, 0.6) is 0 Å². The van der Waals surface area contributed by atoms with E-state index >= 15 is 0 Å². The van der Waals surface area contributed by atoms with Crippen molar-refractivity contribution in [1.82, 2.24) is 10.6 Å². The van der Waals surface area contributed by atoms with Crippen molar-refractivity contribution in [2.24, 2.45) is 0 Å². The highest BCUT2D eigenvalue weighted by molar-refractivity contribution is 5.99. The zero-order valence-corrected chi connectivity index (χ0v) is 19.0. The van der Waals surface area contributed by atoms with Gasteiger partial charge in [-0.15, -0.1) is 0 Å². The zero-order valence-electron chi connectivity index (χ0n) is 19.0. The van der Waals surface area contributed by atoms with Crippen molar-refractivity contribution in [3.05, 3.63) is 89.9 Å². The van der Waals surface area contributed by atoms with Crippen LogP contribution < -0.4 is 15.5 Å². The fraction of sp³-hybridized carbons (Fsp3) is 0.333. The van der Waals surface area contributed by atoms with E-state index in [2.05, 4.69) is 15.5 Å². The van der Waals surface area contributed by atoms with Gasteiger partial charge in [-0.1, -0.05) is 49.4 Å². The van der Waals surface area contributed by atoms with Gasteiger partial charge in [0.25, 0.3) is 5.91 Å². The first-order chi connectivity index (χ1) is 16.2. The van der Waals surface area contributed by atoms with E-state index in [1.807, 2.05) is 67.6 Å². The van der Waals surface area contributed by atoms with Crippen LogP contribution in [0, 0.1) is 0 Å². The Balaban J connectivity index is 1.34. The molecule has 3 aromatic rings. The summed E-state index contributed by atoms with van der Waals surface area (Å²) in [6, 6.07) is 21.4. The second-order valence-corrected chi connectivity index (χ2v) is 8.42. The van der Waals surface area contributed by atoms with Crippen LogP contribution >= 0.6 is 0 Å². The van der Waals surface area contributed by atoms with Gasteiger partial charge in [0.15, 0.2) is 0 Å². The molecule has 2 amide bonds. The Morgan fingerprint density at radius 1 is 1.00 bits per heavy atom. The molecular weight excluding hydrogens is 414 g/mol. The monoisotopic (exact) mass is 445 g/mol. The van der Waals surface area contributed by atoms with Crippen molar-refractivity contribution in [3.8, 4) is 0 Å². The van der Waals surface area contributed by atoms with Gasteiger partial charge in [-0.25, -0.2) is 0 Å². The average Bonchev–Trinajstić information content (AvgIpc) is 3.38. The van der Waals surface area contributed by atoms with Gasteiger partial charge >= 0.3 is 0 Å². The van der Waals surface area contributed by atoms with Crippen LogP contribution in [0.1, 0.15) is 53.8 Å². The molecule has 0 aliphatic carbocycles. The normalized spacial score (nSPS) is 15.1. The smallest absolute Gasteiger partial charge is 0.253 e. The Hall–Kier alpha value is -3.54. The standard InChI is InChI=1S/C27H31N3O3/c1-2-23(20-9-4-3-5-10-20)27(32)29-21-14-16-30(17-15-21)25-13-7-6-12-24(25)26(31)28-19-22-11-8-18-33-22/h3-13,18,21,23H,2,14-17,19H2,1H3,(H,28,31)(H,29,32). The van der Waals surface area contributed by atoms with Gasteiger partial charge in [-0.3, -0.25) is 9.59 Å². The average molecular weight is 446 g/mol. The number of hydrogen-bond acceptors (Lipinski definition) is 4. The number of anilines is 1. The van der Waals surface area contributed by atoms with E-state index < -0.39 is 0 Å². The van der Waals surface area contributed by atoms with E-state index in [-0.39, 0.29) is 23.8 Å². The molecule has 1 fully saturated rings. The van der Waals surface area contributed by atoms with Crippen molar-refractivity contribution in [2.45, 2.75) is 44.7 Å². The Bertz CT molecular complexity index is 1040. The second-order valence-electron chi connectivity index (χ2n) is 8.42. The highest BCUT2D eigenvalue weighted by atomic mass is 16.3. The summed E-state index contributed by atoms with van der Waals surface area (Å²) in [7, 11) is 0. The predicted molar refractivity (Wildman–Crippen MR) is 129 cm³/mol. The maximum absolute atomic E-state index is 12.9. The first-order valence-corrected chi connectivity index (χ1v) is 11.7. The molecule has 1 saturated heterocycles. The van der Waals surface area contributed by atoms with Crippen LogP contribution in [-0.2, 0) is 11.3 Å². The van der Waals surface area contributed by atoms with E-state index in [9.17, 15) is 9.59 Å². The summed E-state index contributed by atoms with van der Waals surface area (Å²) in [6.45, 7) is 3.98. The largest absolute Gasteiger partial charge is 0.467 e. The Morgan fingerprint density at radius 2 is 1.73 bits per heavy atom. The molecule has 2 heterocycles. The van der Waals surface area contributed by atoms with Crippen molar-refractivity contribution in [1.29, 1.82) is 0 Å². The van der Waals surface area contributed by atoms with Gasteiger partial charge in [0, 0.05) is 24.8 Å². The van der Waals surface area contributed by atoms with Gasteiger partial charge in [0.2, 0.25) is 5.91 Å². The molecule has 0 bridgehead atoms. The third-order valence-electron chi connectivity index (χ3n) is 6.26. The third-order valence-corrected chi connectivity index (χ3v) is 6.26. The molecule has 1 atom stereocenters.